The molecule has 4 nitrogen and oxygen atoms in total. The fraction of sp³-hybridized carbons (Fsp3) is 0.438. The van der Waals surface area contributed by atoms with Gasteiger partial charge in [0.2, 0.25) is 5.90 Å². The van der Waals surface area contributed by atoms with Crippen molar-refractivity contribution in [3.05, 3.63) is 95.0 Å². The third-order valence-corrected chi connectivity index (χ3v) is 7.91. The van der Waals surface area contributed by atoms with Crippen LogP contribution in [0.3, 0.4) is 0 Å². The van der Waals surface area contributed by atoms with Gasteiger partial charge in [0.25, 0.3) is 0 Å². The molecule has 0 radical (unpaired) electrons. The van der Waals surface area contributed by atoms with Crippen LogP contribution in [0.2, 0.25) is 0 Å². The number of piperidine rings is 1. The molecule has 3 heterocycles. The van der Waals surface area contributed by atoms with Gasteiger partial charge < -0.3 is 9.64 Å². The summed E-state index contributed by atoms with van der Waals surface area (Å²) in [5, 5.41) is 0. The number of aliphatic imine (C=N–C) groups is 2. The quantitative estimate of drug-likeness (QED) is 0.409. The predicted octanol–water partition coefficient (Wildman–Crippen LogP) is 6.63. The van der Waals surface area contributed by atoms with E-state index in [4.69, 9.17) is 14.7 Å². The minimum atomic E-state index is -0.256. The van der Waals surface area contributed by atoms with Crippen LogP contribution < -0.4 is 0 Å². The van der Waals surface area contributed by atoms with Gasteiger partial charge in [-0.3, -0.25) is 4.99 Å². The molecule has 194 valence electrons. The van der Waals surface area contributed by atoms with E-state index in [1.807, 2.05) is 0 Å². The van der Waals surface area contributed by atoms with E-state index in [0.717, 1.165) is 68.8 Å². The third-order valence-electron chi connectivity index (χ3n) is 7.91. The summed E-state index contributed by atoms with van der Waals surface area (Å²) in [4.78, 5) is 12.6. The first-order chi connectivity index (χ1) is 18.2. The van der Waals surface area contributed by atoms with Gasteiger partial charge in [0, 0.05) is 18.7 Å². The van der Waals surface area contributed by atoms with Crippen LogP contribution in [0, 0.1) is 17.7 Å². The van der Waals surface area contributed by atoms with Crippen molar-refractivity contribution in [1.82, 2.24) is 4.90 Å². The number of allylic oxidation sites excluding steroid dienone is 2. The molecule has 5 heteroatoms. The highest BCUT2D eigenvalue weighted by molar-refractivity contribution is 6.11. The maximum absolute atomic E-state index is 13.5. The molecule has 1 atom stereocenters. The fourth-order valence-electron chi connectivity index (χ4n) is 5.44. The Hall–Kier alpha value is -3.05. The molecule has 5 rings (SSSR count). The highest BCUT2D eigenvalue weighted by Gasteiger charge is 2.26. The van der Waals surface area contributed by atoms with Crippen LogP contribution in [-0.2, 0) is 11.2 Å². The minimum absolute atomic E-state index is 0.256. The van der Waals surface area contributed by atoms with E-state index in [9.17, 15) is 4.39 Å². The number of likely N-dealkylation sites (tertiary alicyclic amines) is 1. The molecule has 3 aliphatic rings. The summed E-state index contributed by atoms with van der Waals surface area (Å²) >= 11 is 0. The SMILES string of the molecule is CCC1CC=CC(C2=C(CC3CCN(CCc4ccccc4)CC3)COC(c3ccc(F)cc3)=N2)=NC1. The molecule has 0 aliphatic carbocycles. The Morgan fingerprint density at radius 1 is 1.00 bits per heavy atom. The molecule has 1 unspecified atom stereocenters. The molecule has 0 spiro atoms. The van der Waals surface area contributed by atoms with Crippen molar-refractivity contribution in [1.29, 1.82) is 0 Å². The molecule has 2 aromatic carbocycles. The van der Waals surface area contributed by atoms with Crippen molar-refractivity contribution in [2.45, 2.75) is 45.4 Å². The average molecular weight is 500 g/mol. The van der Waals surface area contributed by atoms with E-state index < -0.39 is 0 Å². The van der Waals surface area contributed by atoms with Crippen molar-refractivity contribution in [3.63, 3.8) is 0 Å². The van der Waals surface area contributed by atoms with E-state index in [0.29, 0.717) is 24.3 Å². The lowest BCUT2D eigenvalue weighted by molar-refractivity contribution is 0.182. The van der Waals surface area contributed by atoms with Gasteiger partial charge in [0.05, 0.1) is 11.4 Å². The lowest BCUT2D eigenvalue weighted by atomic mass is 9.88. The molecule has 1 saturated heterocycles. The number of rotatable bonds is 8. The number of halogens is 1. The second-order valence-corrected chi connectivity index (χ2v) is 10.5. The molecule has 0 bridgehead atoms. The summed E-state index contributed by atoms with van der Waals surface area (Å²) < 4.78 is 19.6. The van der Waals surface area contributed by atoms with E-state index >= 15 is 0 Å². The normalized spacial score (nSPS) is 21.3. The average Bonchev–Trinajstić information content (AvgIpc) is 3.20. The molecule has 1 fully saturated rings. The van der Waals surface area contributed by atoms with Crippen LogP contribution >= 0.6 is 0 Å². The Labute approximate surface area is 220 Å². The maximum Gasteiger partial charge on any atom is 0.221 e. The van der Waals surface area contributed by atoms with Crippen LogP contribution in [0.5, 0.6) is 0 Å². The van der Waals surface area contributed by atoms with Crippen molar-refractivity contribution in [2.24, 2.45) is 21.8 Å². The summed E-state index contributed by atoms with van der Waals surface area (Å²) in [6, 6.07) is 17.2. The Balaban J connectivity index is 1.30. The molecule has 0 aromatic heterocycles. The zero-order chi connectivity index (χ0) is 25.5. The van der Waals surface area contributed by atoms with Crippen LogP contribution in [-0.4, -0.2) is 49.3 Å². The molecule has 0 amide bonds. The Morgan fingerprint density at radius 3 is 2.54 bits per heavy atom. The molecule has 37 heavy (non-hydrogen) atoms. The molecular weight excluding hydrogens is 461 g/mol. The van der Waals surface area contributed by atoms with Gasteiger partial charge in [-0.15, -0.1) is 0 Å². The van der Waals surface area contributed by atoms with Crippen LogP contribution in [0.4, 0.5) is 4.39 Å². The maximum atomic E-state index is 13.5. The predicted molar refractivity (Wildman–Crippen MR) is 150 cm³/mol. The van der Waals surface area contributed by atoms with Gasteiger partial charge in [-0.2, -0.15) is 0 Å². The van der Waals surface area contributed by atoms with Crippen molar-refractivity contribution in [2.75, 3.05) is 32.8 Å². The smallest absolute Gasteiger partial charge is 0.221 e. The third kappa shape index (κ3) is 6.84. The second kappa shape index (κ2) is 12.5. The molecule has 0 N–H and O–H groups in total. The molecule has 2 aromatic rings. The lowest BCUT2D eigenvalue weighted by Gasteiger charge is -2.33. The number of nitrogens with zero attached hydrogens (tertiary/aromatic N) is 3. The molecule has 3 aliphatic heterocycles. The van der Waals surface area contributed by atoms with Gasteiger partial charge in [-0.05, 0) is 98.5 Å². The number of ether oxygens (including phenoxy) is 1. The topological polar surface area (TPSA) is 37.2 Å². The van der Waals surface area contributed by atoms with Crippen molar-refractivity contribution >= 4 is 11.6 Å². The summed E-state index contributed by atoms with van der Waals surface area (Å²) in [6.07, 6.45) is 11.1. The van der Waals surface area contributed by atoms with Crippen LogP contribution in [0.25, 0.3) is 0 Å². The first kappa shape index (κ1) is 25.6. The van der Waals surface area contributed by atoms with Gasteiger partial charge in [0.15, 0.2) is 0 Å². The van der Waals surface area contributed by atoms with Crippen LogP contribution in [0.1, 0.15) is 50.2 Å². The number of hydrogen-bond acceptors (Lipinski definition) is 4. The van der Waals surface area contributed by atoms with Gasteiger partial charge in [-0.25, -0.2) is 9.38 Å². The van der Waals surface area contributed by atoms with E-state index in [2.05, 4.69) is 54.3 Å². The Morgan fingerprint density at radius 2 is 1.78 bits per heavy atom. The highest BCUT2D eigenvalue weighted by Crippen LogP contribution is 2.30. The van der Waals surface area contributed by atoms with Crippen molar-refractivity contribution in [3.8, 4) is 0 Å². The number of hydrogen-bond donors (Lipinski definition) is 0. The zero-order valence-electron chi connectivity index (χ0n) is 21.9. The summed E-state index contributed by atoms with van der Waals surface area (Å²) in [5.74, 6) is 1.51. The minimum Gasteiger partial charge on any atom is -0.473 e. The summed E-state index contributed by atoms with van der Waals surface area (Å²) in [5.41, 5.74) is 5.39. The highest BCUT2D eigenvalue weighted by atomic mass is 19.1. The van der Waals surface area contributed by atoms with Gasteiger partial charge >= 0.3 is 0 Å². The Kier molecular flexibility index (Phi) is 8.62. The van der Waals surface area contributed by atoms with Gasteiger partial charge in [0.1, 0.15) is 12.4 Å². The molecular formula is C32H38FN3O. The largest absolute Gasteiger partial charge is 0.473 e. The Bertz CT molecular complexity index is 1160. The first-order valence-corrected chi connectivity index (χ1v) is 13.8. The first-order valence-electron chi connectivity index (χ1n) is 13.8. The van der Waals surface area contributed by atoms with E-state index in [1.165, 1.54) is 36.1 Å². The molecule has 0 saturated carbocycles. The monoisotopic (exact) mass is 499 g/mol. The number of benzene rings is 2. The van der Waals surface area contributed by atoms with Crippen LogP contribution in [0.15, 0.2) is 88.0 Å². The lowest BCUT2D eigenvalue weighted by Crippen LogP contribution is -2.35. The van der Waals surface area contributed by atoms with Gasteiger partial charge in [-0.1, -0.05) is 49.8 Å². The van der Waals surface area contributed by atoms with Crippen molar-refractivity contribution < 1.29 is 9.13 Å². The zero-order valence-corrected chi connectivity index (χ0v) is 21.9. The second-order valence-electron chi connectivity index (χ2n) is 10.5. The van der Waals surface area contributed by atoms with E-state index in [-0.39, 0.29) is 5.82 Å². The standard InChI is InChI=1S/C32H38FN3O/c1-2-24-9-6-10-30(34-22-24)31-28(23-37-32(35-31)27-11-13-29(33)14-12-27)21-26-16-19-36(20-17-26)18-15-25-7-4-3-5-8-25/h3-8,10-14,24,26H,2,9,15-23H2,1H3. The fourth-order valence-corrected chi connectivity index (χ4v) is 5.44. The van der Waals surface area contributed by atoms with E-state index in [1.54, 1.807) is 12.1 Å². The summed E-state index contributed by atoms with van der Waals surface area (Å²) in [6.45, 7) is 6.99. The summed E-state index contributed by atoms with van der Waals surface area (Å²) in [7, 11) is 0.